The van der Waals surface area contributed by atoms with E-state index in [9.17, 15) is 0 Å². The van der Waals surface area contributed by atoms with E-state index in [0.29, 0.717) is 0 Å². The normalized spacial score (nSPS) is 10.4. The lowest BCUT2D eigenvalue weighted by Crippen LogP contribution is -2.05. The molecule has 0 saturated carbocycles. The Kier molecular flexibility index (Phi) is 4.64. The van der Waals surface area contributed by atoms with E-state index in [1.165, 1.54) is 16.7 Å². The van der Waals surface area contributed by atoms with Gasteiger partial charge in [0.05, 0.1) is 14.2 Å². The number of aryl methyl sites for hydroxylation is 1. The van der Waals surface area contributed by atoms with Gasteiger partial charge in [0.15, 0.2) is 11.5 Å². The summed E-state index contributed by atoms with van der Waals surface area (Å²) in [6, 6.07) is 12.5. The molecule has 2 aromatic rings. The van der Waals surface area contributed by atoms with E-state index in [2.05, 4.69) is 36.5 Å². The molecule has 0 bridgehead atoms. The van der Waals surface area contributed by atoms with Crippen molar-refractivity contribution in [3.63, 3.8) is 0 Å². The number of nitrogens with one attached hydrogen (secondary N) is 1. The van der Waals surface area contributed by atoms with Gasteiger partial charge in [0.25, 0.3) is 0 Å². The summed E-state index contributed by atoms with van der Waals surface area (Å²) in [6.07, 6.45) is 0. The molecule has 0 amide bonds. The largest absolute Gasteiger partial charge is 0.493 e. The molecule has 0 aliphatic rings. The topological polar surface area (TPSA) is 30.5 Å². The first-order chi connectivity index (χ1) is 9.69. The van der Waals surface area contributed by atoms with E-state index < -0.39 is 0 Å². The summed E-state index contributed by atoms with van der Waals surface area (Å²) in [5.41, 5.74) is 4.87. The van der Waals surface area contributed by atoms with Crippen LogP contribution >= 0.6 is 0 Å². The molecule has 0 radical (unpaired) electrons. The minimum absolute atomic E-state index is 0.750. The smallest absolute Gasteiger partial charge is 0.161 e. The van der Waals surface area contributed by atoms with Crippen molar-refractivity contribution >= 4 is 0 Å². The van der Waals surface area contributed by atoms with E-state index in [1.807, 2.05) is 19.2 Å². The Morgan fingerprint density at radius 1 is 0.950 bits per heavy atom. The van der Waals surface area contributed by atoms with Crippen LogP contribution in [0, 0.1) is 6.92 Å². The number of methoxy groups -OCH3 is 2. The summed E-state index contributed by atoms with van der Waals surface area (Å²) in [5.74, 6) is 1.50. The highest BCUT2D eigenvalue weighted by molar-refractivity contribution is 5.70. The van der Waals surface area contributed by atoms with Crippen molar-refractivity contribution in [1.29, 1.82) is 0 Å². The van der Waals surface area contributed by atoms with Crippen LogP contribution in [0.5, 0.6) is 11.5 Å². The van der Waals surface area contributed by atoms with Gasteiger partial charge in [0, 0.05) is 6.54 Å². The number of rotatable bonds is 5. The average molecular weight is 271 g/mol. The van der Waals surface area contributed by atoms with Crippen molar-refractivity contribution in [3.05, 3.63) is 47.5 Å². The van der Waals surface area contributed by atoms with Crippen molar-refractivity contribution in [2.45, 2.75) is 13.5 Å². The molecule has 2 rings (SSSR count). The molecular formula is C17H21NO2. The summed E-state index contributed by atoms with van der Waals surface area (Å²) < 4.78 is 10.7. The second-order valence-electron chi connectivity index (χ2n) is 4.75. The third-order valence-electron chi connectivity index (χ3n) is 3.38. The second-order valence-corrected chi connectivity index (χ2v) is 4.75. The molecule has 2 aromatic carbocycles. The third-order valence-corrected chi connectivity index (χ3v) is 3.38. The van der Waals surface area contributed by atoms with Gasteiger partial charge in [0.1, 0.15) is 0 Å². The van der Waals surface area contributed by atoms with E-state index in [0.717, 1.165) is 23.6 Å². The second kappa shape index (κ2) is 6.44. The van der Waals surface area contributed by atoms with Gasteiger partial charge in [0.2, 0.25) is 0 Å². The van der Waals surface area contributed by atoms with Crippen LogP contribution in [0.15, 0.2) is 36.4 Å². The van der Waals surface area contributed by atoms with Crippen LogP contribution in [-0.2, 0) is 6.54 Å². The fourth-order valence-corrected chi connectivity index (χ4v) is 2.30. The SMILES string of the molecule is CNCc1ccc(C)c(-c2ccc(OC)c(OC)c2)c1. The zero-order valence-corrected chi connectivity index (χ0v) is 12.5. The number of hydrogen-bond donors (Lipinski definition) is 1. The summed E-state index contributed by atoms with van der Waals surface area (Å²) in [6.45, 7) is 2.98. The first-order valence-electron chi connectivity index (χ1n) is 6.66. The molecule has 3 nitrogen and oxygen atoms in total. The average Bonchev–Trinajstić information content (AvgIpc) is 2.48. The quantitative estimate of drug-likeness (QED) is 0.904. The molecule has 0 heterocycles. The predicted octanol–water partition coefficient (Wildman–Crippen LogP) is 3.40. The van der Waals surface area contributed by atoms with E-state index in [4.69, 9.17) is 9.47 Å². The molecule has 0 saturated heterocycles. The summed E-state index contributed by atoms with van der Waals surface area (Å²) in [5, 5.41) is 3.18. The van der Waals surface area contributed by atoms with Crippen molar-refractivity contribution in [2.75, 3.05) is 21.3 Å². The lowest BCUT2D eigenvalue weighted by molar-refractivity contribution is 0.355. The maximum absolute atomic E-state index is 5.38. The van der Waals surface area contributed by atoms with Crippen LogP contribution in [0.3, 0.4) is 0 Å². The van der Waals surface area contributed by atoms with Crippen molar-refractivity contribution in [3.8, 4) is 22.6 Å². The summed E-state index contributed by atoms with van der Waals surface area (Å²) >= 11 is 0. The molecule has 3 heteroatoms. The molecule has 0 fully saturated rings. The molecule has 0 aliphatic heterocycles. The molecule has 0 spiro atoms. The molecule has 20 heavy (non-hydrogen) atoms. The predicted molar refractivity (Wildman–Crippen MR) is 82.5 cm³/mol. The number of ether oxygens (including phenoxy) is 2. The Bertz CT molecular complexity index is 594. The summed E-state index contributed by atoms with van der Waals surface area (Å²) in [4.78, 5) is 0. The Balaban J connectivity index is 2.47. The zero-order chi connectivity index (χ0) is 14.5. The van der Waals surface area contributed by atoms with Crippen LogP contribution in [-0.4, -0.2) is 21.3 Å². The van der Waals surface area contributed by atoms with E-state index >= 15 is 0 Å². The Labute approximate surface area is 120 Å². The number of benzene rings is 2. The van der Waals surface area contributed by atoms with Crippen molar-refractivity contribution in [2.24, 2.45) is 0 Å². The van der Waals surface area contributed by atoms with Gasteiger partial charge in [-0.05, 0) is 54.4 Å². The number of hydrogen-bond acceptors (Lipinski definition) is 3. The van der Waals surface area contributed by atoms with E-state index in [-0.39, 0.29) is 0 Å². The maximum atomic E-state index is 5.38. The van der Waals surface area contributed by atoms with Crippen LogP contribution in [0.1, 0.15) is 11.1 Å². The lowest BCUT2D eigenvalue weighted by Gasteiger charge is -2.12. The molecule has 106 valence electrons. The van der Waals surface area contributed by atoms with Gasteiger partial charge >= 0.3 is 0 Å². The van der Waals surface area contributed by atoms with Gasteiger partial charge in [-0.15, -0.1) is 0 Å². The van der Waals surface area contributed by atoms with Crippen LogP contribution in [0.2, 0.25) is 0 Å². The minimum Gasteiger partial charge on any atom is -0.493 e. The lowest BCUT2D eigenvalue weighted by atomic mass is 9.97. The van der Waals surface area contributed by atoms with Crippen LogP contribution in [0.4, 0.5) is 0 Å². The highest BCUT2D eigenvalue weighted by atomic mass is 16.5. The minimum atomic E-state index is 0.750. The molecule has 0 unspecified atom stereocenters. The summed E-state index contributed by atoms with van der Waals surface area (Å²) in [7, 11) is 5.26. The third kappa shape index (κ3) is 2.94. The highest BCUT2D eigenvalue weighted by Gasteiger charge is 2.08. The Morgan fingerprint density at radius 2 is 1.70 bits per heavy atom. The highest BCUT2D eigenvalue weighted by Crippen LogP contribution is 2.33. The van der Waals surface area contributed by atoms with Crippen LogP contribution in [0.25, 0.3) is 11.1 Å². The van der Waals surface area contributed by atoms with E-state index in [1.54, 1.807) is 14.2 Å². The van der Waals surface area contributed by atoms with Gasteiger partial charge in [-0.2, -0.15) is 0 Å². The standard InChI is InChI=1S/C17H21NO2/c1-12-5-6-13(11-18-2)9-15(12)14-7-8-16(19-3)17(10-14)20-4/h5-10,18H,11H2,1-4H3. The molecule has 1 N–H and O–H groups in total. The Morgan fingerprint density at radius 3 is 2.35 bits per heavy atom. The first kappa shape index (κ1) is 14.4. The zero-order valence-electron chi connectivity index (χ0n) is 12.5. The fourth-order valence-electron chi connectivity index (χ4n) is 2.30. The fraction of sp³-hybridized carbons (Fsp3) is 0.294. The van der Waals surface area contributed by atoms with Crippen molar-refractivity contribution in [1.82, 2.24) is 5.32 Å². The van der Waals surface area contributed by atoms with Gasteiger partial charge in [-0.3, -0.25) is 0 Å². The molecule has 0 atom stereocenters. The monoisotopic (exact) mass is 271 g/mol. The molecule has 0 aromatic heterocycles. The molecule has 0 aliphatic carbocycles. The Hall–Kier alpha value is -2.00. The van der Waals surface area contributed by atoms with Gasteiger partial charge in [-0.1, -0.05) is 18.2 Å². The maximum Gasteiger partial charge on any atom is 0.161 e. The van der Waals surface area contributed by atoms with Gasteiger partial charge < -0.3 is 14.8 Å². The van der Waals surface area contributed by atoms with Crippen molar-refractivity contribution < 1.29 is 9.47 Å². The molecular weight excluding hydrogens is 250 g/mol. The first-order valence-corrected chi connectivity index (χ1v) is 6.66. The van der Waals surface area contributed by atoms with Gasteiger partial charge in [-0.25, -0.2) is 0 Å². The van der Waals surface area contributed by atoms with Crippen LogP contribution < -0.4 is 14.8 Å².